The zero-order valence-corrected chi connectivity index (χ0v) is 9.59. The number of nitrogens with two attached hydrogens (primary N) is 1. The van der Waals surface area contributed by atoms with E-state index in [-0.39, 0.29) is 11.3 Å². The van der Waals surface area contributed by atoms with Crippen molar-refractivity contribution in [2.75, 3.05) is 6.54 Å². The van der Waals surface area contributed by atoms with Gasteiger partial charge in [-0.15, -0.1) is 0 Å². The van der Waals surface area contributed by atoms with E-state index in [0.717, 1.165) is 44.4 Å². The summed E-state index contributed by atoms with van der Waals surface area (Å²) in [6.45, 7) is 2.75. The van der Waals surface area contributed by atoms with Crippen molar-refractivity contribution in [3.63, 3.8) is 0 Å². The van der Waals surface area contributed by atoms with Gasteiger partial charge in [-0.25, -0.2) is 0 Å². The molecule has 0 aromatic carbocycles. The molecule has 0 heterocycles. The van der Waals surface area contributed by atoms with Crippen LogP contribution in [0.4, 0.5) is 0 Å². The van der Waals surface area contributed by atoms with Crippen LogP contribution in [0.2, 0.25) is 0 Å². The van der Waals surface area contributed by atoms with E-state index in [1.165, 1.54) is 0 Å². The van der Waals surface area contributed by atoms with Gasteiger partial charge in [0, 0.05) is 12.6 Å². The summed E-state index contributed by atoms with van der Waals surface area (Å²) >= 11 is 0. The summed E-state index contributed by atoms with van der Waals surface area (Å²) < 4.78 is 0. The molecule has 2 aliphatic rings. The summed E-state index contributed by atoms with van der Waals surface area (Å²) in [7, 11) is 0. The van der Waals surface area contributed by atoms with Crippen molar-refractivity contribution in [1.82, 2.24) is 5.32 Å². The SMILES string of the molecule is CC1CC(NC(=O)C2(CN)CCCC2)C1. The average molecular weight is 210 g/mol. The third kappa shape index (κ3) is 2.03. The first-order valence-corrected chi connectivity index (χ1v) is 6.17. The van der Waals surface area contributed by atoms with Crippen LogP contribution < -0.4 is 11.1 Å². The summed E-state index contributed by atoms with van der Waals surface area (Å²) in [6, 6.07) is 0.427. The monoisotopic (exact) mass is 210 g/mol. The third-order valence-electron chi connectivity index (χ3n) is 4.14. The van der Waals surface area contributed by atoms with E-state index in [4.69, 9.17) is 5.73 Å². The van der Waals surface area contributed by atoms with Crippen molar-refractivity contribution in [2.24, 2.45) is 17.1 Å². The minimum atomic E-state index is -0.223. The number of rotatable bonds is 3. The highest BCUT2D eigenvalue weighted by molar-refractivity contribution is 5.83. The molecule has 0 unspecified atom stereocenters. The highest BCUT2D eigenvalue weighted by atomic mass is 16.2. The van der Waals surface area contributed by atoms with Gasteiger partial charge in [-0.3, -0.25) is 4.79 Å². The normalized spacial score (nSPS) is 33.5. The van der Waals surface area contributed by atoms with Crippen molar-refractivity contribution in [3.05, 3.63) is 0 Å². The van der Waals surface area contributed by atoms with Crippen LogP contribution in [0.5, 0.6) is 0 Å². The number of hydrogen-bond donors (Lipinski definition) is 2. The van der Waals surface area contributed by atoms with Crippen LogP contribution in [0.15, 0.2) is 0 Å². The summed E-state index contributed by atoms with van der Waals surface area (Å²) in [5.74, 6) is 1.01. The van der Waals surface area contributed by atoms with Crippen molar-refractivity contribution >= 4 is 5.91 Å². The fourth-order valence-corrected chi connectivity index (χ4v) is 2.93. The van der Waals surface area contributed by atoms with E-state index in [9.17, 15) is 4.79 Å². The van der Waals surface area contributed by atoms with Gasteiger partial charge in [0.15, 0.2) is 0 Å². The summed E-state index contributed by atoms with van der Waals surface area (Å²) in [5, 5.41) is 3.16. The Hall–Kier alpha value is -0.570. The van der Waals surface area contributed by atoms with Crippen LogP contribution in [-0.2, 0) is 4.79 Å². The van der Waals surface area contributed by atoms with E-state index in [1.807, 2.05) is 0 Å². The second kappa shape index (κ2) is 4.12. The molecule has 3 N–H and O–H groups in total. The standard InChI is InChI=1S/C12H22N2O/c1-9-6-10(7-9)14-11(15)12(8-13)4-2-3-5-12/h9-10H,2-8,13H2,1H3,(H,14,15). The van der Waals surface area contributed by atoms with Gasteiger partial charge in [0.1, 0.15) is 0 Å². The van der Waals surface area contributed by atoms with E-state index >= 15 is 0 Å². The zero-order valence-electron chi connectivity index (χ0n) is 9.59. The predicted molar refractivity (Wildman–Crippen MR) is 60.3 cm³/mol. The lowest BCUT2D eigenvalue weighted by atomic mass is 9.79. The molecule has 2 aliphatic carbocycles. The van der Waals surface area contributed by atoms with Crippen LogP contribution in [-0.4, -0.2) is 18.5 Å². The lowest BCUT2D eigenvalue weighted by Crippen LogP contribution is -2.51. The molecule has 2 rings (SSSR count). The Balaban J connectivity index is 1.88. The quantitative estimate of drug-likeness (QED) is 0.740. The first-order chi connectivity index (χ1) is 7.16. The Morgan fingerprint density at radius 2 is 2.00 bits per heavy atom. The molecule has 0 aliphatic heterocycles. The lowest BCUT2D eigenvalue weighted by Gasteiger charge is -2.36. The summed E-state index contributed by atoms with van der Waals surface area (Å²) in [6.07, 6.45) is 6.57. The van der Waals surface area contributed by atoms with E-state index in [2.05, 4.69) is 12.2 Å². The smallest absolute Gasteiger partial charge is 0.227 e. The predicted octanol–water partition coefficient (Wildman–Crippen LogP) is 1.42. The number of hydrogen-bond acceptors (Lipinski definition) is 2. The highest BCUT2D eigenvalue weighted by Crippen LogP contribution is 2.38. The molecule has 3 nitrogen and oxygen atoms in total. The molecule has 0 atom stereocenters. The first-order valence-electron chi connectivity index (χ1n) is 6.17. The van der Waals surface area contributed by atoms with Crippen molar-refractivity contribution in [3.8, 4) is 0 Å². The number of amides is 1. The molecular weight excluding hydrogens is 188 g/mol. The average Bonchev–Trinajstić information content (AvgIpc) is 2.64. The molecule has 1 amide bonds. The first kappa shape index (κ1) is 10.9. The van der Waals surface area contributed by atoms with E-state index in [1.54, 1.807) is 0 Å². The Morgan fingerprint density at radius 1 is 1.40 bits per heavy atom. The van der Waals surface area contributed by atoms with Gasteiger partial charge in [-0.2, -0.15) is 0 Å². The minimum absolute atomic E-state index is 0.222. The molecular formula is C12H22N2O. The van der Waals surface area contributed by atoms with E-state index in [0.29, 0.717) is 12.6 Å². The molecule has 0 aromatic heterocycles. The van der Waals surface area contributed by atoms with Crippen molar-refractivity contribution in [1.29, 1.82) is 0 Å². The molecule has 2 fully saturated rings. The molecule has 0 bridgehead atoms. The van der Waals surface area contributed by atoms with Gasteiger partial charge < -0.3 is 11.1 Å². The summed E-state index contributed by atoms with van der Waals surface area (Å²) in [4.78, 5) is 12.1. The molecule has 86 valence electrons. The maximum atomic E-state index is 12.1. The van der Waals surface area contributed by atoms with Crippen LogP contribution in [0.1, 0.15) is 45.4 Å². The van der Waals surface area contributed by atoms with Gasteiger partial charge >= 0.3 is 0 Å². The van der Waals surface area contributed by atoms with Crippen LogP contribution >= 0.6 is 0 Å². The molecule has 2 saturated carbocycles. The number of carbonyl (C=O) groups is 1. The zero-order chi connectivity index (χ0) is 10.9. The third-order valence-corrected chi connectivity index (χ3v) is 4.14. The molecule has 0 aromatic rings. The van der Waals surface area contributed by atoms with Gasteiger partial charge in [-0.1, -0.05) is 19.8 Å². The lowest BCUT2D eigenvalue weighted by molar-refractivity contribution is -0.131. The Bertz CT molecular complexity index is 240. The number of carbonyl (C=O) groups excluding carboxylic acids is 1. The van der Waals surface area contributed by atoms with Gasteiger partial charge in [0.2, 0.25) is 5.91 Å². The molecule has 15 heavy (non-hydrogen) atoms. The van der Waals surface area contributed by atoms with Gasteiger partial charge in [0.05, 0.1) is 5.41 Å². The Morgan fingerprint density at radius 3 is 2.47 bits per heavy atom. The fraction of sp³-hybridized carbons (Fsp3) is 0.917. The highest BCUT2D eigenvalue weighted by Gasteiger charge is 2.41. The minimum Gasteiger partial charge on any atom is -0.353 e. The van der Waals surface area contributed by atoms with Crippen LogP contribution in [0.25, 0.3) is 0 Å². The molecule has 3 heteroatoms. The van der Waals surface area contributed by atoms with Gasteiger partial charge in [0.25, 0.3) is 0 Å². The largest absolute Gasteiger partial charge is 0.353 e. The Kier molecular flexibility index (Phi) is 3.01. The summed E-state index contributed by atoms with van der Waals surface area (Å²) in [5.41, 5.74) is 5.55. The van der Waals surface area contributed by atoms with Crippen molar-refractivity contribution < 1.29 is 4.79 Å². The maximum absolute atomic E-state index is 12.1. The topological polar surface area (TPSA) is 55.1 Å². The van der Waals surface area contributed by atoms with E-state index < -0.39 is 0 Å². The van der Waals surface area contributed by atoms with Crippen molar-refractivity contribution in [2.45, 2.75) is 51.5 Å². The maximum Gasteiger partial charge on any atom is 0.227 e. The molecule has 0 saturated heterocycles. The molecule has 0 radical (unpaired) electrons. The second-order valence-corrected chi connectivity index (χ2v) is 5.44. The molecule has 0 spiro atoms. The number of nitrogens with one attached hydrogen (secondary N) is 1. The second-order valence-electron chi connectivity index (χ2n) is 5.44. The van der Waals surface area contributed by atoms with Crippen LogP contribution in [0.3, 0.4) is 0 Å². The van der Waals surface area contributed by atoms with Crippen LogP contribution in [0, 0.1) is 11.3 Å². The fourth-order valence-electron chi connectivity index (χ4n) is 2.93. The van der Waals surface area contributed by atoms with Gasteiger partial charge in [-0.05, 0) is 31.6 Å². The Labute approximate surface area is 91.8 Å².